The summed E-state index contributed by atoms with van der Waals surface area (Å²) in [5, 5.41) is 0.486. The summed E-state index contributed by atoms with van der Waals surface area (Å²) in [5.74, 6) is 0.835. The van der Waals surface area contributed by atoms with Gasteiger partial charge in [-0.15, -0.1) is 0 Å². The summed E-state index contributed by atoms with van der Waals surface area (Å²) in [6.45, 7) is 0. The van der Waals surface area contributed by atoms with Crippen molar-refractivity contribution >= 4 is 30.3 Å². The van der Waals surface area contributed by atoms with Gasteiger partial charge in [0.25, 0.3) is 0 Å². The van der Waals surface area contributed by atoms with Gasteiger partial charge in [0.15, 0.2) is 0 Å². The lowest BCUT2D eigenvalue weighted by molar-refractivity contribution is 1.16. The van der Waals surface area contributed by atoms with Crippen LogP contribution in [0.1, 0.15) is 12.0 Å². The lowest BCUT2D eigenvalue weighted by Crippen LogP contribution is -1.82. The third-order valence-electron chi connectivity index (χ3n) is 1.28. The Bertz CT molecular complexity index is 276. The van der Waals surface area contributed by atoms with E-state index in [1.807, 2.05) is 12.2 Å². The Labute approximate surface area is 82.1 Å². The first-order valence-electron chi connectivity index (χ1n) is 3.57. The molecule has 64 valence electrons. The van der Waals surface area contributed by atoms with Gasteiger partial charge in [-0.05, 0) is 12.2 Å². The van der Waals surface area contributed by atoms with Crippen LogP contribution < -0.4 is 0 Å². The van der Waals surface area contributed by atoms with Crippen molar-refractivity contribution in [2.24, 2.45) is 0 Å². The summed E-state index contributed by atoms with van der Waals surface area (Å²) in [6.07, 6.45) is 7.94. The molecule has 0 aliphatic rings. The van der Waals surface area contributed by atoms with Gasteiger partial charge >= 0.3 is 0 Å². The van der Waals surface area contributed by atoms with Crippen molar-refractivity contribution in [1.82, 2.24) is 9.97 Å². The molecule has 0 saturated heterocycles. The molecule has 0 bridgehead atoms. The largest absolute Gasteiger partial charge is 0.244 e. The molecule has 0 N–H and O–H groups in total. The minimum atomic E-state index is 0.486. The molecule has 0 atom stereocenters. The molecule has 1 aromatic rings. The number of rotatable bonds is 3. The van der Waals surface area contributed by atoms with Crippen molar-refractivity contribution in [2.75, 3.05) is 5.75 Å². The van der Waals surface area contributed by atoms with Crippen LogP contribution in [0.3, 0.4) is 0 Å². The molecule has 1 rings (SSSR count). The van der Waals surface area contributed by atoms with Crippen molar-refractivity contribution in [3.05, 3.63) is 29.3 Å². The average Bonchev–Trinajstić information content (AvgIpc) is 2.09. The second kappa shape index (κ2) is 5.17. The van der Waals surface area contributed by atoms with Gasteiger partial charge in [-0.2, -0.15) is 12.6 Å². The van der Waals surface area contributed by atoms with Crippen molar-refractivity contribution in [3.63, 3.8) is 0 Å². The summed E-state index contributed by atoms with van der Waals surface area (Å²) in [7, 11) is 0. The Balaban J connectivity index is 2.68. The molecular weight excluding hydrogens is 192 g/mol. The summed E-state index contributed by atoms with van der Waals surface area (Å²) in [5.41, 5.74) is 0.848. The molecule has 12 heavy (non-hydrogen) atoms. The number of aromatic nitrogens is 2. The second-order valence-corrected chi connectivity index (χ2v) is 2.99. The van der Waals surface area contributed by atoms with Crippen LogP contribution in [-0.2, 0) is 0 Å². The van der Waals surface area contributed by atoms with Crippen LogP contribution in [0.4, 0.5) is 0 Å². The molecule has 0 aliphatic heterocycles. The molecule has 1 heterocycles. The topological polar surface area (TPSA) is 25.8 Å². The van der Waals surface area contributed by atoms with Gasteiger partial charge in [0, 0.05) is 11.8 Å². The van der Waals surface area contributed by atoms with E-state index in [9.17, 15) is 0 Å². The van der Waals surface area contributed by atoms with Crippen LogP contribution in [0.5, 0.6) is 0 Å². The lowest BCUT2D eigenvalue weighted by atomic mass is 10.3. The standard InChI is InChI=1S/C8H9ClN2S/c9-8-7(3-1-2-4-12)5-10-6-11-8/h1,3,5-6,12H,2,4H2. The second-order valence-electron chi connectivity index (χ2n) is 2.18. The molecule has 4 heteroatoms. The SMILES string of the molecule is SCCC=Cc1cncnc1Cl. The fourth-order valence-electron chi connectivity index (χ4n) is 0.722. The van der Waals surface area contributed by atoms with E-state index >= 15 is 0 Å². The zero-order chi connectivity index (χ0) is 8.81. The smallest absolute Gasteiger partial charge is 0.139 e. The zero-order valence-corrected chi connectivity index (χ0v) is 8.09. The van der Waals surface area contributed by atoms with Gasteiger partial charge in [0.2, 0.25) is 0 Å². The predicted octanol–water partition coefficient (Wildman–Crippen LogP) is 2.46. The van der Waals surface area contributed by atoms with Crippen molar-refractivity contribution in [3.8, 4) is 0 Å². The first-order valence-corrected chi connectivity index (χ1v) is 4.58. The van der Waals surface area contributed by atoms with E-state index in [1.54, 1.807) is 6.20 Å². The van der Waals surface area contributed by atoms with E-state index in [2.05, 4.69) is 22.6 Å². The molecule has 1 aromatic heterocycles. The van der Waals surface area contributed by atoms with Crippen LogP contribution in [0.25, 0.3) is 6.08 Å². The number of allylic oxidation sites excluding steroid dienone is 1. The molecule has 0 fully saturated rings. The predicted molar refractivity (Wildman–Crippen MR) is 54.5 cm³/mol. The normalized spacial score (nSPS) is 10.8. The third-order valence-corrected chi connectivity index (χ3v) is 1.86. The van der Waals surface area contributed by atoms with Crippen molar-refractivity contribution < 1.29 is 0 Å². The Morgan fingerprint density at radius 3 is 3.08 bits per heavy atom. The molecule has 0 aromatic carbocycles. The van der Waals surface area contributed by atoms with Gasteiger partial charge in [0.05, 0.1) is 0 Å². The number of nitrogens with zero attached hydrogens (tertiary/aromatic N) is 2. The Hall–Kier alpha value is -0.540. The fraction of sp³-hybridized carbons (Fsp3) is 0.250. The Kier molecular flexibility index (Phi) is 4.11. The summed E-state index contributed by atoms with van der Waals surface area (Å²) >= 11 is 9.86. The van der Waals surface area contributed by atoms with Crippen LogP contribution in [-0.4, -0.2) is 15.7 Å². The summed E-state index contributed by atoms with van der Waals surface area (Å²) in [6, 6.07) is 0. The molecule has 2 nitrogen and oxygen atoms in total. The minimum absolute atomic E-state index is 0.486. The molecule has 0 aliphatic carbocycles. The fourth-order valence-corrected chi connectivity index (χ4v) is 1.03. The van der Waals surface area contributed by atoms with Crippen molar-refractivity contribution in [1.29, 1.82) is 0 Å². The van der Waals surface area contributed by atoms with Crippen LogP contribution in [0.2, 0.25) is 5.15 Å². The van der Waals surface area contributed by atoms with Crippen LogP contribution >= 0.6 is 24.2 Å². The number of thiol groups is 1. The number of hydrogen-bond acceptors (Lipinski definition) is 3. The molecule has 0 unspecified atom stereocenters. The number of halogens is 1. The van der Waals surface area contributed by atoms with Gasteiger partial charge in [-0.25, -0.2) is 9.97 Å². The van der Waals surface area contributed by atoms with E-state index in [-0.39, 0.29) is 0 Å². The molecule has 0 radical (unpaired) electrons. The highest BCUT2D eigenvalue weighted by Crippen LogP contribution is 2.11. The monoisotopic (exact) mass is 200 g/mol. The van der Waals surface area contributed by atoms with Gasteiger partial charge in [-0.3, -0.25) is 0 Å². The summed E-state index contributed by atoms with van der Waals surface area (Å²) in [4.78, 5) is 7.70. The molecule has 0 spiro atoms. The van der Waals surface area contributed by atoms with Gasteiger partial charge in [0.1, 0.15) is 11.5 Å². The van der Waals surface area contributed by atoms with Gasteiger partial charge in [-0.1, -0.05) is 23.8 Å². The first kappa shape index (κ1) is 9.55. The zero-order valence-electron chi connectivity index (χ0n) is 6.44. The Morgan fingerprint density at radius 2 is 2.42 bits per heavy atom. The maximum atomic E-state index is 5.78. The minimum Gasteiger partial charge on any atom is -0.244 e. The first-order chi connectivity index (χ1) is 5.84. The van der Waals surface area contributed by atoms with E-state index in [0.717, 1.165) is 17.7 Å². The highest BCUT2D eigenvalue weighted by atomic mass is 35.5. The highest BCUT2D eigenvalue weighted by Gasteiger charge is 1.94. The summed E-state index contributed by atoms with van der Waals surface area (Å²) < 4.78 is 0. The molecule has 0 amide bonds. The van der Waals surface area contributed by atoms with E-state index < -0.39 is 0 Å². The average molecular weight is 201 g/mol. The maximum Gasteiger partial charge on any atom is 0.139 e. The van der Waals surface area contributed by atoms with Crippen LogP contribution in [0.15, 0.2) is 18.6 Å². The number of hydrogen-bond donors (Lipinski definition) is 1. The third kappa shape index (κ3) is 2.83. The van der Waals surface area contributed by atoms with Crippen LogP contribution in [0, 0.1) is 0 Å². The Morgan fingerprint density at radius 1 is 1.58 bits per heavy atom. The highest BCUT2D eigenvalue weighted by molar-refractivity contribution is 7.80. The maximum absolute atomic E-state index is 5.78. The van der Waals surface area contributed by atoms with E-state index in [1.165, 1.54) is 6.33 Å². The molecule has 0 saturated carbocycles. The van der Waals surface area contributed by atoms with E-state index in [0.29, 0.717) is 5.15 Å². The van der Waals surface area contributed by atoms with Gasteiger partial charge < -0.3 is 0 Å². The quantitative estimate of drug-likeness (QED) is 0.599. The van der Waals surface area contributed by atoms with Crippen molar-refractivity contribution in [2.45, 2.75) is 6.42 Å². The lowest BCUT2D eigenvalue weighted by Gasteiger charge is -1.93. The van der Waals surface area contributed by atoms with E-state index in [4.69, 9.17) is 11.6 Å². The molecular formula is C8H9ClN2S.